The van der Waals surface area contributed by atoms with Crippen LogP contribution in [0, 0.1) is 11.3 Å². The van der Waals surface area contributed by atoms with Gasteiger partial charge in [-0.3, -0.25) is 9.69 Å². The molecule has 2 unspecified atom stereocenters. The first-order valence-electron chi connectivity index (χ1n) is 7.23. The van der Waals surface area contributed by atoms with E-state index in [1.807, 2.05) is 0 Å². The Bertz CT molecular complexity index is 297. The van der Waals surface area contributed by atoms with E-state index >= 15 is 0 Å². The van der Waals surface area contributed by atoms with Crippen LogP contribution in [0.5, 0.6) is 0 Å². The minimum atomic E-state index is 0.0798. The first-order chi connectivity index (χ1) is 8.50. The molecule has 0 aliphatic carbocycles. The molecule has 2 atom stereocenters. The van der Waals surface area contributed by atoms with Crippen molar-refractivity contribution >= 4 is 5.91 Å². The third-order valence-corrected chi connectivity index (χ3v) is 4.18. The number of nitrogens with zero attached hydrogens (tertiary/aromatic N) is 1. The highest BCUT2D eigenvalue weighted by Gasteiger charge is 2.36. The molecule has 0 radical (unpaired) electrons. The van der Waals surface area contributed by atoms with Gasteiger partial charge in [-0.05, 0) is 30.7 Å². The van der Waals surface area contributed by atoms with Gasteiger partial charge >= 0.3 is 0 Å². The lowest BCUT2D eigenvalue weighted by Crippen LogP contribution is -2.57. The van der Waals surface area contributed by atoms with Crippen molar-refractivity contribution in [2.75, 3.05) is 32.7 Å². The molecule has 2 saturated heterocycles. The molecule has 0 aromatic rings. The molecular weight excluding hydrogens is 226 g/mol. The molecule has 2 rings (SSSR count). The largest absolute Gasteiger partial charge is 0.353 e. The Morgan fingerprint density at radius 2 is 2.22 bits per heavy atom. The highest BCUT2D eigenvalue weighted by Crippen LogP contribution is 2.28. The lowest BCUT2D eigenvalue weighted by Gasteiger charge is -2.40. The monoisotopic (exact) mass is 253 g/mol. The van der Waals surface area contributed by atoms with Crippen molar-refractivity contribution in [1.82, 2.24) is 15.5 Å². The summed E-state index contributed by atoms with van der Waals surface area (Å²) in [5.74, 6) is 0.792. The van der Waals surface area contributed by atoms with Crippen LogP contribution in [0.25, 0.3) is 0 Å². The van der Waals surface area contributed by atoms with E-state index < -0.39 is 0 Å². The normalized spacial score (nSPS) is 34.0. The average Bonchev–Trinajstić information content (AvgIpc) is 2.70. The minimum absolute atomic E-state index is 0.0798. The van der Waals surface area contributed by atoms with Crippen molar-refractivity contribution in [1.29, 1.82) is 0 Å². The van der Waals surface area contributed by atoms with Gasteiger partial charge in [0.2, 0.25) is 5.91 Å². The van der Waals surface area contributed by atoms with Gasteiger partial charge in [0, 0.05) is 26.2 Å². The number of hydrogen-bond acceptors (Lipinski definition) is 3. The summed E-state index contributed by atoms with van der Waals surface area (Å²) in [7, 11) is 0. The lowest BCUT2D eigenvalue weighted by molar-refractivity contribution is -0.130. The molecule has 2 aliphatic heterocycles. The lowest BCUT2D eigenvalue weighted by atomic mass is 9.87. The summed E-state index contributed by atoms with van der Waals surface area (Å²) in [6.45, 7) is 11.8. The minimum Gasteiger partial charge on any atom is -0.353 e. The van der Waals surface area contributed by atoms with E-state index in [-0.39, 0.29) is 11.9 Å². The summed E-state index contributed by atoms with van der Waals surface area (Å²) in [5, 5.41) is 6.45. The highest BCUT2D eigenvalue weighted by molar-refractivity contribution is 5.82. The van der Waals surface area contributed by atoms with Crippen LogP contribution < -0.4 is 10.6 Å². The first-order valence-corrected chi connectivity index (χ1v) is 7.23. The van der Waals surface area contributed by atoms with Crippen LogP contribution in [0.2, 0.25) is 0 Å². The number of carbonyl (C=O) groups is 1. The second-order valence-electron chi connectivity index (χ2n) is 6.64. The van der Waals surface area contributed by atoms with Crippen molar-refractivity contribution in [3.05, 3.63) is 0 Å². The number of rotatable bonds is 4. The van der Waals surface area contributed by atoms with Crippen LogP contribution in [0.4, 0.5) is 0 Å². The summed E-state index contributed by atoms with van der Waals surface area (Å²) in [6, 6.07) is 0.0798. The number of hydrogen-bond donors (Lipinski definition) is 2. The van der Waals surface area contributed by atoms with Crippen molar-refractivity contribution in [3.63, 3.8) is 0 Å². The van der Waals surface area contributed by atoms with E-state index in [0.29, 0.717) is 11.3 Å². The van der Waals surface area contributed by atoms with Crippen molar-refractivity contribution in [2.24, 2.45) is 11.3 Å². The molecule has 104 valence electrons. The maximum Gasteiger partial charge on any atom is 0.237 e. The van der Waals surface area contributed by atoms with Gasteiger partial charge in [-0.2, -0.15) is 0 Å². The van der Waals surface area contributed by atoms with E-state index in [4.69, 9.17) is 0 Å². The molecule has 4 nitrogen and oxygen atoms in total. The Kier molecular flexibility index (Phi) is 4.28. The molecular formula is C14H27N3O. The molecule has 0 aromatic heterocycles. The molecule has 4 heteroatoms. The molecule has 0 spiro atoms. The maximum absolute atomic E-state index is 12.0. The van der Waals surface area contributed by atoms with Gasteiger partial charge in [0.15, 0.2) is 0 Å². The first kappa shape index (κ1) is 13.8. The van der Waals surface area contributed by atoms with Gasteiger partial charge in [-0.25, -0.2) is 0 Å². The van der Waals surface area contributed by atoms with Crippen LogP contribution in [0.15, 0.2) is 0 Å². The summed E-state index contributed by atoms with van der Waals surface area (Å²) >= 11 is 0. The van der Waals surface area contributed by atoms with Gasteiger partial charge in [0.05, 0.1) is 6.04 Å². The Morgan fingerprint density at radius 1 is 1.44 bits per heavy atom. The van der Waals surface area contributed by atoms with E-state index in [1.165, 1.54) is 6.42 Å². The third-order valence-electron chi connectivity index (χ3n) is 4.18. The second kappa shape index (κ2) is 5.57. The van der Waals surface area contributed by atoms with Crippen LogP contribution in [0.3, 0.4) is 0 Å². The summed E-state index contributed by atoms with van der Waals surface area (Å²) in [6.07, 6.45) is 2.19. The fourth-order valence-electron chi connectivity index (χ4n) is 3.15. The van der Waals surface area contributed by atoms with Gasteiger partial charge in [0.1, 0.15) is 0 Å². The van der Waals surface area contributed by atoms with Gasteiger partial charge in [-0.1, -0.05) is 20.8 Å². The maximum atomic E-state index is 12.0. The number of carbonyl (C=O) groups excluding carboxylic acids is 1. The molecule has 0 bridgehead atoms. The molecule has 1 amide bonds. The predicted molar refractivity (Wildman–Crippen MR) is 73.4 cm³/mol. The smallest absolute Gasteiger partial charge is 0.237 e. The number of piperazine rings is 1. The van der Waals surface area contributed by atoms with Crippen LogP contribution >= 0.6 is 0 Å². The number of amides is 1. The van der Waals surface area contributed by atoms with E-state index in [0.717, 1.165) is 39.1 Å². The molecule has 0 saturated carbocycles. The zero-order valence-electron chi connectivity index (χ0n) is 12.0. The fourth-order valence-corrected chi connectivity index (χ4v) is 3.15. The Labute approximate surface area is 110 Å². The van der Waals surface area contributed by atoms with Gasteiger partial charge in [-0.15, -0.1) is 0 Å². The van der Waals surface area contributed by atoms with E-state index in [2.05, 4.69) is 36.3 Å². The van der Waals surface area contributed by atoms with E-state index in [1.54, 1.807) is 0 Å². The molecule has 2 aliphatic rings. The molecule has 2 heterocycles. The predicted octanol–water partition coefficient (Wildman–Crippen LogP) is 0.833. The molecule has 2 fully saturated rings. The Morgan fingerprint density at radius 3 is 2.83 bits per heavy atom. The Balaban J connectivity index is 2.01. The number of nitrogens with one attached hydrogen (secondary N) is 2. The van der Waals surface area contributed by atoms with Crippen molar-refractivity contribution in [3.8, 4) is 0 Å². The van der Waals surface area contributed by atoms with Crippen LogP contribution in [-0.2, 0) is 4.79 Å². The fraction of sp³-hybridized carbons (Fsp3) is 0.929. The van der Waals surface area contributed by atoms with E-state index in [9.17, 15) is 4.79 Å². The third kappa shape index (κ3) is 3.23. The standard InChI is InChI=1S/C14H27N3O/c1-11(2)8-12-13(18)16-6-7-17(12)10-14(3)4-5-15-9-14/h11-12,15H,4-10H2,1-3H3,(H,16,18). The second-order valence-corrected chi connectivity index (χ2v) is 6.64. The summed E-state index contributed by atoms with van der Waals surface area (Å²) in [4.78, 5) is 14.5. The summed E-state index contributed by atoms with van der Waals surface area (Å²) < 4.78 is 0. The van der Waals surface area contributed by atoms with Crippen LogP contribution in [0.1, 0.15) is 33.6 Å². The summed E-state index contributed by atoms with van der Waals surface area (Å²) in [5.41, 5.74) is 0.340. The van der Waals surface area contributed by atoms with Crippen LogP contribution in [-0.4, -0.2) is 49.6 Å². The SMILES string of the molecule is CC(C)CC1C(=O)NCCN1CC1(C)CCNC1. The zero-order chi connectivity index (χ0) is 13.2. The van der Waals surface area contributed by atoms with Crippen molar-refractivity contribution < 1.29 is 4.79 Å². The Hall–Kier alpha value is -0.610. The topological polar surface area (TPSA) is 44.4 Å². The zero-order valence-corrected chi connectivity index (χ0v) is 12.0. The van der Waals surface area contributed by atoms with Crippen molar-refractivity contribution in [2.45, 2.75) is 39.7 Å². The van der Waals surface area contributed by atoms with Gasteiger partial charge < -0.3 is 10.6 Å². The molecule has 18 heavy (non-hydrogen) atoms. The molecule has 2 N–H and O–H groups in total. The van der Waals surface area contributed by atoms with Gasteiger partial charge in [0.25, 0.3) is 0 Å². The highest BCUT2D eigenvalue weighted by atomic mass is 16.2. The molecule has 0 aromatic carbocycles. The quantitative estimate of drug-likeness (QED) is 0.780. The average molecular weight is 253 g/mol.